The normalized spacial score (nSPS) is 15.5. The molecule has 0 N–H and O–H groups in total. The number of carbonyl (C=O) groups is 1. The molecule has 0 bridgehead atoms. The summed E-state index contributed by atoms with van der Waals surface area (Å²) in [6, 6.07) is 0. The van der Waals surface area contributed by atoms with Gasteiger partial charge in [0.1, 0.15) is 5.76 Å². The Hall–Kier alpha value is -0.790. The Morgan fingerprint density at radius 3 is 2.57 bits per heavy atom. The molecule has 80 valence electrons. The van der Waals surface area contributed by atoms with Crippen LogP contribution in [0.3, 0.4) is 0 Å². The summed E-state index contributed by atoms with van der Waals surface area (Å²) in [4.78, 5) is 10.8. The first kappa shape index (κ1) is 11.3. The number of hydrogen-bond donors (Lipinski definition) is 0. The molecule has 0 saturated carbocycles. The average molecular weight is 196 g/mol. The van der Waals surface area contributed by atoms with E-state index >= 15 is 0 Å². The molecule has 0 aliphatic carbocycles. The van der Waals surface area contributed by atoms with Gasteiger partial charge >= 0.3 is 5.97 Å². The zero-order chi connectivity index (χ0) is 10.2. The fourth-order valence-electron chi connectivity index (χ4n) is 1.66. The maximum absolute atomic E-state index is 10.8. The molecule has 0 spiro atoms. The Kier molecular flexibility index (Phi) is 5.35. The Bertz CT molecular complexity index is 206. The number of rotatable bonds is 7. The maximum atomic E-state index is 10.8. The maximum Gasteiger partial charge on any atom is 0.314 e. The third kappa shape index (κ3) is 4.45. The van der Waals surface area contributed by atoms with E-state index in [1.807, 2.05) is 6.08 Å². The SMILES string of the molecule is CCCCCCCCC1=CCC(=O)O1. The van der Waals surface area contributed by atoms with Crippen molar-refractivity contribution >= 4 is 5.97 Å². The molecule has 2 nitrogen and oxygen atoms in total. The first-order valence-corrected chi connectivity index (χ1v) is 5.72. The molecule has 14 heavy (non-hydrogen) atoms. The fraction of sp³-hybridized carbons (Fsp3) is 0.750. The second-order valence-electron chi connectivity index (χ2n) is 3.87. The average Bonchev–Trinajstić information content (AvgIpc) is 2.58. The van der Waals surface area contributed by atoms with Crippen molar-refractivity contribution in [2.75, 3.05) is 0 Å². The topological polar surface area (TPSA) is 26.3 Å². The third-order valence-electron chi connectivity index (χ3n) is 2.52. The van der Waals surface area contributed by atoms with Gasteiger partial charge in [-0.25, -0.2) is 0 Å². The van der Waals surface area contributed by atoms with Gasteiger partial charge in [-0.1, -0.05) is 39.0 Å². The highest BCUT2D eigenvalue weighted by Gasteiger charge is 2.12. The first-order chi connectivity index (χ1) is 6.83. The van der Waals surface area contributed by atoms with E-state index in [0.717, 1.165) is 18.6 Å². The van der Waals surface area contributed by atoms with Crippen molar-refractivity contribution in [1.29, 1.82) is 0 Å². The van der Waals surface area contributed by atoms with Crippen LogP contribution in [-0.4, -0.2) is 5.97 Å². The Morgan fingerprint density at radius 2 is 1.93 bits per heavy atom. The number of allylic oxidation sites excluding steroid dienone is 1. The quantitative estimate of drug-likeness (QED) is 0.459. The van der Waals surface area contributed by atoms with Crippen molar-refractivity contribution in [3.63, 3.8) is 0 Å². The molecular weight excluding hydrogens is 176 g/mol. The van der Waals surface area contributed by atoms with Crippen LogP contribution in [0.25, 0.3) is 0 Å². The van der Waals surface area contributed by atoms with Crippen LogP contribution >= 0.6 is 0 Å². The molecule has 0 amide bonds. The second-order valence-corrected chi connectivity index (χ2v) is 3.87. The fourth-order valence-corrected chi connectivity index (χ4v) is 1.66. The van der Waals surface area contributed by atoms with Gasteiger partial charge in [-0.2, -0.15) is 0 Å². The minimum Gasteiger partial charge on any atom is -0.431 e. The van der Waals surface area contributed by atoms with E-state index in [4.69, 9.17) is 4.74 Å². The van der Waals surface area contributed by atoms with Crippen molar-refractivity contribution in [2.45, 2.75) is 58.3 Å². The zero-order valence-corrected chi connectivity index (χ0v) is 9.05. The summed E-state index contributed by atoms with van der Waals surface area (Å²) >= 11 is 0. The summed E-state index contributed by atoms with van der Waals surface area (Å²) in [5.74, 6) is 0.802. The lowest BCUT2D eigenvalue weighted by molar-refractivity contribution is -0.136. The standard InChI is InChI=1S/C12H20O2/c1-2-3-4-5-6-7-8-11-9-10-12(13)14-11/h9H,2-8,10H2,1H3. The summed E-state index contributed by atoms with van der Waals surface area (Å²) in [5.41, 5.74) is 0. The minimum absolute atomic E-state index is 0.0917. The van der Waals surface area contributed by atoms with Crippen LogP contribution in [0.15, 0.2) is 11.8 Å². The van der Waals surface area contributed by atoms with Gasteiger partial charge in [0.15, 0.2) is 0 Å². The highest BCUT2D eigenvalue weighted by molar-refractivity contribution is 5.75. The van der Waals surface area contributed by atoms with Crippen LogP contribution in [0.4, 0.5) is 0 Å². The predicted molar refractivity (Wildman–Crippen MR) is 56.8 cm³/mol. The zero-order valence-electron chi connectivity index (χ0n) is 9.05. The number of ether oxygens (including phenoxy) is 1. The molecule has 0 aromatic heterocycles. The Morgan fingerprint density at radius 1 is 1.21 bits per heavy atom. The van der Waals surface area contributed by atoms with Crippen molar-refractivity contribution in [2.24, 2.45) is 0 Å². The molecule has 1 aliphatic heterocycles. The Labute approximate surface area is 86.3 Å². The molecule has 0 atom stereocenters. The molecule has 0 fully saturated rings. The highest BCUT2D eigenvalue weighted by Crippen LogP contribution is 2.18. The lowest BCUT2D eigenvalue weighted by atomic mass is 10.1. The smallest absolute Gasteiger partial charge is 0.314 e. The number of carbonyl (C=O) groups excluding carboxylic acids is 1. The lowest BCUT2D eigenvalue weighted by Gasteiger charge is -2.02. The van der Waals surface area contributed by atoms with Gasteiger partial charge < -0.3 is 4.74 Å². The van der Waals surface area contributed by atoms with Gasteiger partial charge in [-0.3, -0.25) is 4.79 Å². The highest BCUT2D eigenvalue weighted by atomic mass is 16.5. The van der Waals surface area contributed by atoms with Gasteiger partial charge in [0.2, 0.25) is 0 Å². The molecule has 0 radical (unpaired) electrons. The van der Waals surface area contributed by atoms with Crippen molar-refractivity contribution in [3.8, 4) is 0 Å². The van der Waals surface area contributed by atoms with E-state index in [1.54, 1.807) is 0 Å². The molecule has 1 heterocycles. The van der Waals surface area contributed by atoms with E-state index in [2.05, 4.69) is 6.92 Å². The van der Waals surface area contributed by atoms with E-state index in [9.17, 15) is 4.79 Å². The van der Waals surface area contributed by atoms with E-state index in [-0.39, 0.29) is 5.97 Å². The summed E-state index contributed by atoms with van der Waals surface area (Å²) in [6.45, 7) is 2.22. The van der Waals surface area contributed by atoms with Crippen LogP contribution in [-0.2, 0) is 9.53 Å². The van der Waals surface area contributed by atoms with Crippen LogP contribution in [0.5, 0.6) is 0 Å². The minimum atomic E-state index is -0.0917. The number of cyclic esters (lactones) is 1. The number of esters is 1. The Balaban J connectivity index is 1.91. The molecule has 2 heteroatoms. The van der Waals surface area contributed by atoms with Gasteiger partial charge in [0.25, 0.3) is 0 Å². The summed E-state index contributed by atoms with van der Waals surface area (Å²) < 4.78 is 5.01. The molecule has 0 unspecified atom stereocenters. The van der Waals surface area contributed by atoms with Crippen molar-refractivity contribution in [1.82, 2.24) is 0 Å². The van der Waals surface area contributed by atoms with Crippen LogP contribution in [0.2, 0.25) is 0 Å². The second kappa shape index (κ2) is 6.63. The van der Waals surface area contributed by atoms with Gasteiger partial charge in [0.05, 0.1) is 6.42 Å². The molecule has 1 aliphatic rings. The van der Waals surface area contributed by atoms with Gasteiger partial charge in [0, 0.05) is 6.42 Å². The monoisotopic (exact) mass is 196 g/mol. The van der Waals surface area contributed by atoms with Crippen LogP contribution in [0.1, 0.15) is 58.3 Å². The first-order valence-electron chi connectivity index (χ1n) is 5.72. The predicted octanol–water partition coefficient (Wildman–Crippen LogP) is 3.57. The van der Waals surface area contributed by atoms with E-state index in [0.29, 0.717) is 6.42 Å². The molecule has 0 aromatic carbocycles. The molecule has 0 aromatic rings. The number of unbranched alkanes of at least 4 members (excludes halogenated alkanes) is 5. The number of hydrogen-bond acceptors (Lipinski definition) is 2. The van der Waals surface area contributed by atoms with Crippen molar-refractivity contribution in [3.05, 3.63) is 11.8 Å². The van der Waals surface area contributed by atoms with Gasteiger partial charge in [-0.15, -0.1) is 0 Å². The summed E-state index contributed by atoms with van der Waals surface area (Å²) in [5, 5.41) is 0. The van der Waals surface area contributed by atoms with Crippen LogP contribution < -0.4 is 0 Å². The summed E-state index contributed by atoms with van der Waals surface area (Å²) in [7, 11) is 0. The van der Waals surface area contributed by atoms with Gasteiger partial charge in [-0.05, 0) is 12.5 Å². The van der Waals surface area contributed by atoms with Crippen LogP contribution in [0, 0.1) is 0 Å². The lowest BCUT2D eigenvalue weighted by Crippen LogP contribution is -1.93. The van der Waals surface area contributed by atoms with E-state index in [1.165, 1.54) is 32.1 Å². The molecular formula is C12H20O2. The molecule has 0 saturated heterocycles. The largest absolute Gasteiger partial charge is 0.431 e. The third-order valence-corrected chi connectivity index (χ3v) is 2.52. The van der Waals surface area contributed by atoms with E-state index < -0.39 is 0 Å². The van der Waals surface area contributed by atoms with Crippen molar-refractivity contribution < 1.29 is 9.53 Å². The molecule has 1 rings (SSSR count). The summed E-state index contributed by atoms with van der Waals surface area (Å²) in [6.07, 6.45) is 11.0.